The van der Waals surface area contributed by atoms with Crippen molar-refractivity contribution in [2.75, 3.05) is 16.3 Å². The number of benzene rings is 3. The smallest absolute Gasteiger partial charge is 0.258 e. The maximum absolute atomic E-state index is 14.4. The van der Waals surface area contributed by atoms with E-state index in [-0.39, 0.29) is 35.5 Å². The first-order chi connectivity index (χ1) is 14.5. The largest absolute Gasteiger partial charge is 0.306 e. The minimum Gasteiger partial charge on any atom is -0.306 e. The molecule has 0 spiro atoms. The SMILES string of the molecule is CC1CN(C(=O)c2ccccc2)c2ccccc2N(Cc2c(F)cccc2Cl)C1=O. The number of halogens is 2. The van der Waals surface area contributed by atoms with E-state index in [1.165, 1.54) is 17.0 Å². The average molecular weight is 423 g/mol. The number of amides is 2. The third kappa shape index (κ3) is 3.68. The van der Waals surface area contributed by atoms with Crippen molar-refractivity contribution in [3.8, 4) is 0 Å². The van der Waals surface area contributed by atoms with Gasteiger partial charge in [-0.1, -0.05) is 54.9 Å². The Bertz CT molecular complexity index is 1080. The zero-order chi connectivity index (χ0) is 21.3. The summed E-state index contributed by atoms with van der Waals surface area (Å²) in [5.74, 6) is -1.32. The number of carbonyl (C=O) groups excluding carboxylic acids is 2. The lowest BCUT2D eigenvalue weighted by molar-refractivity contribution is -0.121. The molecule has 1 heterocycles. The molecule has 6 heteroatoms. The number of hydrogen-bond acceptors (Lipinski definition) is 2. The Kier molecular flexibility index (Phi) is 5.55. The van der Waals surface area contributed by atoms with Gasteiger partial charge in [0.25, 0.3) is 5.91 Å². The van der Waals surface area contributed by atoms with E-state index in [1.54, 1.807) is 60.4 Å². The molecule has 0 N–H and O–H groups in total. The van der Waals surface area contributed by atoms with Crippen molar-refractivity contribution in [2.24, 2.45) is 5.92 Å². The van der Waals surface area contributed by atoms with E-state index in [1.807, 2.05) is 12.1 Å². The van der Waals surface area contributed by atoms with E-state index in [9.17, 15) is 14.0 Å². The normalized spacial score (nSPS) is 16.2. The van der Waals surface area contributed by atoms with E-state index >= 15 is 0 Å². The molecule has 4 rings (SSSR count). The summed E-state index contributed by atoms with van der Waals surface area (Å²) in [6.07, 6.45) is 0. The Morgan fingerprint density at radius 1 is 1.00 bits per heavy atom. The molecule has 0 fully saturated rings. The molecule has 1 aliphatic rings. The van der Waals surface area contributed by atoms with Crippen LogP contribution >= 0.6 is 11.6 Å². The van der Waals surface area contributed by atoms with Gasteiger partial charge in [-0.15, -0.1) is 0 Å². The third-order valence-electron chi connectivity index (χ3n) is 5.25. The minimum atomic E-state index is -0.476. The van der Waals surface area contributed by atoms with Gasteiger partial charge >= 0.3 is 0 Å². The molecular weight excluding hydrogens is 403 g/mol. The summed E-state index contributed by atoms with van der Waals surface area (Å²) in [7, 11) is 0. The number of carbonyl (C=O) groups is 2. The van der Waals surface area contributed by atoms with Crippen molar-refractivity contribution in [1.82, 2.24) is 0 Å². The quantitative estimate of drug-likeness (QED) is 0.574. The Balaban J connectivity index is 1.80. The standard InChI is InChI=1S/C24H20ClFN2O2/c1-16-14-27(24(30)17-8-3-2-4-9-17)21-12-5-6-13-22(21)28(23(16)29)15-18-19(25)10-7-11-20(18)26/h2-13,16H,14-15H2,1H3. The molecule has 0 saturated carbocycles. The van der Waals surface area contributed by atoms with Gasteiger partial charge in [-0.25, -0.2) is 4.39 Å². The van der Waals surface area contributed by atoms with Crippen LogP contribution in [0.3, 0.4) is 0 Å². The van der Waals surface area contributed by atoms with Crippen molar-refractivity contribution in [1.29, 1.82) is 0 Å². The first-order valence-corrected chi connectivity index (χ1v) is 10.1. The van der Waals surface area contributed by atoms with Crippen molar-refractivity contribution in [3.63, 3.8) is 0 Å². The highest BCUT2D eigenvalue weighted by Crippen LogP contribution is 2.36. The van der Waals surface area contributed by atoms with Crippen LogP contribution in [0.5, 0.6) is 0 Å². The summed E-state index contributed by atoms with van der Waals surface area (Å²) in [4.78, 5) is 29.7. The van der Waals surface area contributed by atoms with Gasteiger partial charge in [-0.3, -0.25) is 9.59 Å². The highest BCUT2D eigenvalue weighted by atomic mass is 35.5. The van der Waals surface area contributed by atoms with E-state index in [2.05, 4.69) is 0 Å². The van der Waals surface area contributed by atoms with Crippen molar-refractivity contribution >= 4 is 34.8 Å². The zero-order valence-electron chi connectivity index (χ0n) is 16.4. The molecule has 1 aliphatic heterocycles. The first-order valence-electron chi connectivity index (χ1n) is 9.67. The number of hydrogen-bond donors (Lipinski definition) is 0. The Labute approximate surface area is 179 Å². The van der Waals surface area contributed by atoms with Crippen LogP contribution < -0.4 is 9.80 Å². The van der Waals surface area contributed by atoms with Gasteiger partial charge in [0.15, 0.2) is 0 Å². The summed E-state index contributed by atoms with van der Waals surface area (Å²) in [6, 6.07) is 20.6. The third-order valence-corrected chi connectivity index (χ3v) is 5.61. The fraction of sp³-hybridized carbons (Fsp3) is 0.167. The summed E-state index contributed by atoms with van der Waals surface area (Å²) in [5.41, 5.74) is 1.95. The predicted octanol–water partition coefficient (Wildman–Crippen LogP) is 5.31. The molecule has 0 bridgehead atoms. The van der Waals surface area contributed by atoms with Crippen LogP contribution in [0.1, 0.15) is 22.8 Å². The maximum atomic E-state index is 14.4. The van der Waals surface area contributed by atoms with Crippen molar-refractivity contribution in [2.45, 2.75) is 13.5 Å². The number of nitrogens with zero attached hydrogens (tertiary/aromatic N) is 2. The highest BCUT2D eigenvalue weighted by Gasteiger charge is 2.34. The van der Waals surface area contributed by atoms with Gasteiger partial charge in [0.2, 0.25) is 5.91 Å². The van der Waals surface area contributed by atoms with Gasteiger partial charge in [0.05, 0.1) is 23.8 Å². The van der Waals surface area contributed by atoms with Crippen LogP contribution in [-0.4, -0.2) is 18.4 Å². The van der Waals surface area contributed by atoms with E-state index < -0.39 is 11.7 Å². The van der Waals surface area contributed by atoms with E-state index in [4.69, 9.17) is 11.6 Å². The van der Waals surface area contributed by atoms with Crippen LogP contribution in [0, 0.1) is 11.7 Å². The monoisotopic (exact) mass is 422 g/mol. The van der Waals surface area contributed by atoms with Gasteiger partial charge < -0.3 is 9.80 Å². The molecule has 4 nitrogen and oxygen atoms in total. The van der Waals surface area contributed by atoms with Crippen LogP contribution in [0.2, 0.25) is 5.02 Å². The Morgan fingerprint density at radius 3 is 2.37 bits per heavy atom. The molecule has 152 valence electrons. The molecule has 1 atom stereocenters. The molecule has 0 radical (unpaired) electrons. The molecule has 0 aliphatic carbocycles. The first kappa shape index (κ1) is 20.1. The van der Waals surface area contributed by atoms with E-state index in [0.29, 0.717) is 16.9 Å². The summed E-state index contributed by atoms with van der Waals surface area (Å²) in [6.45, 7) is 1.99. The highest BCUT2D eigenvalue weighted by molar-refractivity contribution is 6.31. The Hall–Kier alpha value is -3.18. The van der Waals surface area contributed by atoms with Crippen LogP contribution in [-0.2, 0) is 11.3 Å². The number of fused-ring (bicyclic) bond motifs is 1. The van der Waals surface area contributed by atoms with Gasteiger partial charge in [0, 0.05) is 22.7 Å². The molecule has 2 amide bonds. The predicted molar refractivity (Wildman–Crippen MR) is 116 cm³/mol. The van der Waals surface area contributed by atoms with E-state index in [0.717, 1.165) is 0 Å². The number of anilines is 2. The van der Waals surface area contributed by atoms with Crippen LogP contribution in [0.25, 0.3) is 0 Å². The molecular formula is C24H20ClFN2O2. The lowest BCUT2D eigenvalue weighted by atomic mass is 10.1. The summed E-state index contributed by atoms with van der Waals surface area (Å²) < 4.78 is 14.4. The van der Waals surface area contributed by atoms with Gasteiger partial charge in [0.1, 0.15) is 5.82 Å². The fourth-order valence-electron chi connectivity index (χ4n) is 3.69. The second kappa shape index (κ2) is 8.28. The lowest BCUT2D eigenvalue weighted by Gasteiger charge is -2.26. The second-order valence-corrected chi connectivity index (χ2v) is 7.70. The molecule has 0 aromatic heterocycles. The fourth-order valence-corrected chi connectivity index (χ4v) is 3.91. The van der Waals surface area contributed by atoms with Gasteiger partial charge in [-0.05, 0) is 36.4 Å². The topological polar surface area (TPSA) is 40.6 Å². The lowest BCUT2D eigenvalue weighted by Crippen LogP contribution is -2.38. The molecule has 3 aromatic carbocycles. The zero-order valence-corrected chi connectivity index (χ0v) is 17.1. The minimum absolute atomic E-state index is 0.0148. The number of para-hydroxylation sites is 2. The molecule has 0 saturated heterocycles. The van der Waals surface area contributed by atoms with Crippen molar-refractivity contribution in [3.05, 3.63) is 94.8 Å². The van der Waals surface area contributed by atoms with Crippen LogP contribution in [0.4, 0.5) is 15.8 Å². The maximum Gasteiger partial charge on any atom is 0.258 e. The van der Waals surface area contributed by atoms with Gasteiger partial charge in [-0.2, -0.15) is 0 Å². The molecule has 1 unspecified atom stereocenters. The summed E-state index contributed by atoms with van der Waals surface area (Å²) >= 11 is 6.22. The average Bonchev–Trinajstić information content (AvgIpc) is 2.86. The summed E-state index contributed by atoms with van der Waals surface area (Å²) in [5, 5.41) is 0.259. The second-order valence-electron chi connectivity index (χ2n) is 7.30. The van der Waals surface area contributed by atoms with Crippen molar-refractivity contribution < 1.29 is 14.0 Å². The van der Waals surface area contributed by atoms with Crippen LogP contribution in [0.15, 0.2) is 72.8 Å². The molecule has 3 aromatic rings. The number of rotatable bonds is 3. The molecule has 30 heavy (non-hydrogen) atoms. The Morgan fingerprint density at radius 2 is 1.67 bits per heavy atom.